The molecule has 0 aromatic heterocycles. The van der Waals surface area contributed by atoms with Crippen LogP contribution < -0.4 is 11.5 Å². The average molecular weight is 196 g/mol. The van der Waals surface area contributed by atoms with Crippen molar-refractivity contribution in [3.63, 3.8) is 0 Å². The molecule has 1 aliphatic carbocycles. The highest BCUT2D eigenvalue weighted by Crippen LogP contribution is 2.33. The first kappa shape index (κ1) is 11.0. The van der Waals surface area contributed by atoms with Crippen LogP contribution in [0.1, 0.15) is 12.8 Å². The molecule has 0 aliphatic heterocycles. The minimum atomic E-state index is 0.552. The van der Waals surface area contributed by atoms with Gasteiger partial charge in [0.25, 0.3) is 0 Å². The molecule has 1 rings (SSSR count). The summed E-state index contributed by atoms with van der Waals surface area (Å²) in [6.07, 6.45) is 4.20. The van der Waals surface area contributed by atoms with Crippen molar-refractivity contribution in [3.8, 4) is 0 Å². The van der Waals surface area contributed by atoms with Crippen LogP contribution in [0.3, 0.4) is 0 Å². The van der Waals surface area contributed by atoms with Gasteiger partial charge in [-0.2, -0.15) is 0 Å². The standard InChI is InChI=1S/C10H20N4/c1-14(2)6-5-13-10(12)7-9(11)8-3-4-8/h7-8H,3-6,11H2,1-2H3,(H2,12,13). The van der Waals surface area contributed by atoms with E-state index in [0.29, 0.717) is 11.8 Å². The molecule has 80 valence electrons. The number of hydrogen-bond acceptors (Lipinski definition) is 3. The summed E-state index contributed by atoms with van der Waals surface area (Å²) in [4.78, 5) is 6.28. The number of nitrogens with two attached hydrogens (primary N) is 2. The fourth-order valence-corrected chi connectivity index (χ4v) is 1.13. The van der Waals surface area contributed by atoms with Crippen molar-refractivity contribution in [3.05, 3.63) is 11.8 Å². The number of nitrogens with zero attached hydrogens (tertiary/aromatic N) is 2. The van der Waals surface area contributed by atoms with Crippen molar-refractivity contribution in [1.29, 1.82) is 0 Å². The Morgan fingerprint density at radius 2 is 2.07 bits per heavy atom. The fourth-order valence-electron chi connectivity index (χ4n) is 1.13. The van der Waals surface area contributed by atoms with Crippen LogP contribution in [0.25, 0.3) is 0 Å². The van der Waals surface area contributed by atoms with Crippen LogP contribution in [0.4, 0.5) is 0 Å². The minimum absolute atomic E-state index is 0.552. The first-order valence-electron chi connectivity index (χ1n) is 5.01. The van der Waals surface area contributed by atoms with Gasteiger partial charge in [0.05, 0.1) is 6.54 Å². The van der Waals surface area contributed by atoms with Gasteiger partial charge in [0.2, 0.25) is 0 Å². The maximum atomic E-state index is 5.80. The van der Waals surface area contributed by atoms with E-state index in [1.807, 2.05) is 14.1 Å². The number of aliphatic imine (C=N–C) groups is 1. The smallest absolute Gasteiger partial charge is 0.119 e. The molecule has 14 heavy (non-hydrogen) atoms. The van der Waals surface area contributed by atoms with Gasteiger partial charge in [-0.3, -0.25) is 4.99 Å². The van der Waals surface area contributed by atoms with Gasteiger partial charge >= 0.3 is 0 Å². The lowest BCUT2D eigenvalue weighted by molar-refractivity contribution is 0.420. The van der Waals surface area contributed by atoms with Crippen LogP contribution in [0.15, 0.2) is 16.8 Å². The second-order valence-corrected chi connectivity index (χ2v) is 4.03. The van der Waals surface area contributed by atoms with Gasteiger partial charge in [-0.15, -0.1) is 0 Å². The highest BCUT2D eigenvalue weighted by Gasteiger charge is 2.23. The molecule has 0 saturated heterocycles. The molecule has 4 nitrogen and oxygen atoms in total. The van der Waals surface area contributed by atoms with Crippen molar-refractivity contribution >= 4 is 5.84 Å². The highest BCUT2D eigenvalue weighted by atomic mass is 15.1. The molecule has 0 atom stereocenters. The fraction of sp³-hybridized carbons (Fsp3) is 0.700. The molecule has 0 aromatic carbocycles. The molecule has 1 fully saturated rings. The van der Waals surface area contributed by atoms with Crippen LogP contribution >= 0.6 is 0 Å². The summed E-state index contributed by atoms with van der Waals surface area (Å²) in [5, 5.41) is 0. The Morgan fingerprint density at radius 1 is 1.43 bits per heavy atom. The second-order valence-electron chi connectivity index (χ2n) is 4.03. The van der Waals surface area contributed by atoms with Crippen molar-refractivity contribution in [2.45, 2.75) is 12.8 Å². The average Bonchev–Trinajstić information content (AvgIpc) is 2.84. The van der Waals surface area contributed by atoms with E-state index in [1.165, 1.54) is 12.8 Å². The number of hydrogen-bond donors (Lipinski definition) is 2. The Bertz CT molecular complexity index is 239. The Morgan fingerprint density at radius 3 is 2.57 bits per heavy atom. The number of allylic oxidation sites excluding steroid dienone is 1. The predicted octanol–water partition coefficient (Wildman–Crippen LogP) is 0.158. The van der Waals surface area contributed by atoms with E-state index in [-0.39, 0.29) is 0 Å². The highest BCUT2D eigenvalue weighted by molar-refractivity contribution is 5.92. The maximum absolute atomic E-state index is 5.80. The van der Waals surface area contributed by atoms with E-state index in [9.17, 15) is 0 Å². The molecule has 4 heteroatoms. The van der Waals surface area contributed by atoms with Gasteiger partial charge < -0.3 is 16.4 Å². The zero-order chi connectivity index (χ0) is 10.6. The van der Waals surface area contributed by atoms with E-state index in [4.69, 9.17) is 11.5 Å². The topological polar surface area (TPSA) is 67.6 Å². The second kappa shape index (κ2) is 5.00. The summed E-state index contributed by atoms with van der Waals surface area (Å²) < 4.78 is 0. The zero-order valence-electron chi connectivity index (χ0n) is 9.03. The number of rotatable bonds is 5. The van der Waals surface area contributed by atoms with Crippen LogP contribution in [0.2, 0.25) is 0 Å². The molecule has 0 spiro atoms. The Hall–Kier alpha value is -1.03. The van der Waals surface area contributed by atoms with Gasteiger partial charge in [-0.1, -0.05) is 0 Å². The number of likely N-dealkylation sites (N-methyl/N-ethyl adjacent to an activating group) is 1. The summed E-state index contributed by atoms with van der Waals surface area (Å²) >= 11 is 0. The lowest BCUT2D eigenvalue weighted by Crippen LogP contribution is -2.18. The molecule has 1 aliphatic rings. The van der Waals surface area contributed by atoms with Crippen LogP contribution in [-0.4, -0.2) is 37.9 Å². The Labute approximate surface area is 85.7 Å². The molecular formula is C10H20N4. The van der Waals surface area contributed by atoms with Gasteiger partial charge in [-0.25, -0.2) is 0 Å². The van der Waals surface area contributed by atoms with Crippen molar-refractivity contribution < 1.29 is 0 Å². The SMILES string of the molecule is CN(C)CCN=C(N)C=C(N)C1CC1. The maximum Gasteiger partial charge on any atom is 0.119 e. The first-order valence-corrected chi connectivity index (χ1v) is 5.01. The van der Waals surface area contributed by atoms with Gasteiger partial charge in [0.1, 0.15) is 5.84 Å². The van der Waals surface area contributed by atoms with Crippen molar-refractivity contribution in [2.75, 3.05) is 27.2 Å². The third kappa shape index (κ3) is 4.28. The van der Waals surface area contributed by atoms with Gasteiger partial charge in [0.15, 0.2) is 0 Å². The largest absolute Gasteiger partial charge is 0.402 e. The summed E-state index contributed by atoms with van der Waals surface area (Å²) in [7, 11) is 4.03. The first-order chi connectivity index (χ1) is 6.59. The molecule has 0 aromatic rings. The van der Waals surface area contributed by atoms with Crippen molar-refractivity contribution in [2.24, 2.45) is 22.4 Å². The van der Waals surface area contributed by atoms with E-state index in [1.54, 1.807) is 6.08 Å². The quantitative estimate of drug-likeness (QED) is 0.486. The summed E-state index contributed by atoms with van der Waals surface area (Å²) in [5.41, 5.74) is 12.4. The third-order valence-corrected chi connectivity index (χ3v) is 2.20. The summed E-state index contributed by atoms with van der Waals surface area (Å²) in [6.45, 7) is 1.64. The predicted molar refractivity (Wildman–Crippen MR) is 60.0 cm³/mol. The lowest BCUT2D eigenvalue weighted by atomic mass is 10.3. The molecule has 0 unspecified atom stereocenters. The monoisotopic (exact) mass is 196 g/mol. The third-order valence-electron chi connectivity index (χ3n) is 2.20. The van der Waals surface area contributed by atoms with Gasteiger partial charge in [0, 0.05) is 12.2 Å². The zero-order valence-corrected chi connectivity index (χ0v) is 9.03. The van der Waals surface area contributed by atoms with Gasteiger partial charge in [-0.05, 0) is 38.9 Å². The van der Waals surface area contributed by atoms with E-state index in [2.05, 4.69) is 9.89 Å². The molecule has 0 radical (unpaired) electrons. The normalized spacial score (nSPS) is 19.1. The lowest BCUT2D eigenvalue weighted by Gasteiger charge is -2.06. The van der Waals surface area contributed by atoms with E-state index >= 15 is 0 Å². The minimum Gasteiger partial charge on any atom is -0.402 e. The molecule has 4 N–H and O–H groups in total. The molecule has 0 amide bonds. The van der Waals surface area contributed by atoms with Crippen LogP contribution in [0.5, 0.6) is 0 Å². The molecular weight excluding hydrogens is 176 g/mol. The van der Waals surface area contributed by atoms with Crippen LogP contribution in [-0.2, 0) is 0 Å². The summed E-state index contributed by atoms with van der Waals surface area (Å²) in [5.74, 6) is 1.12. The summed E-state index contributed by atoms with van der Waals surface area (Å²) in [6, 6.07) is 0. The van der Waals surface area contributed by atoms with Crippen LogP contribution in [0, 0.1) is 5.92 Å². The van der Waals surface area contributed by atoms with E-state index in [0.717, 1.165) is 18.8 Å². The number of amidine groups is 1. The molecule has 0 bridgehead atoms. The van der Waals surface area contributed by atoms with Crippen molar-refractivity contribution in [1.82, 2.24) is 4.90 Å². The molecule has 1 saturated carbocycles. The Balaban J connectivity index is 2.31. The Kier molecular flexibility index (Phi) is 3.95. The van der Waals surface area contributed by atoms with E-state index < -0.39 is 0 Å². The molecule has 0 heterocycles.